The van der Waals surface area contributed by atoms with E-state index in [0.29, 0.717) is 0 Å². The Bertz CT molecular complexity index is 462. The van der Waals surface area contributed by atoms with E-state index in [1.807, 2.05) is 0 Å². The van der Waals surface area contributed by atoms with Gasteiger partial charge in [0.1, 0.15) is 0 Å². The van der Waals surface area contributed by atoms with E-state index < -0.39 is 34.3 Å². The first kappa shape index (κ1) is 14.1. The Morgan fingerprint density at radius 3 is 2.29 bits per heavy atom. The van der Waals surface area contributed by atoms with Crippen molar-refractivity contribution >= 4 is 29.1 Å². The first-order valence-corrected chi connectivity index (χ1v) is 4.93. The summed E-state index contributed by atoms with van der Waals surface area (Å²) in [5.74, 6) is -1.16. The van der Waals surface area contributed by atoms with E-state index in [1.54, 1.807) is 0 Å². The second kappa shape index (κ2) is 4.72. The van der Waals surface area contributed by atoms with Crippen LogP contribution in [0, 0.1) is 0 Å². The zero-order valence-electron chi connectivity index (χ0n) is 8.05. The van der Waals surface area contributed by atoms with Crippen LogP contribution in [0.3, 0.4) is 0 Å². The predicted molar refractivity (Wildman–Crippen MR) is 56.0 cm³/mol. The first-order chi connectivity index (χ1) is 7.64. The number of aliphatic hydroxyl groups is 1. The zero-order chi connectivity index (χ0) is 13.4. The molecule has 17 heavy (non-hydrogen) atoms. The van der Waals surface area contributed by atoms with Gasteiger partial charge in [0.15, 0.2) is 6.10 Å². The molecule has 0 saturated heterocycles. The van der Waals surface area contributed by atoms with Crippen molar-refractivity contribution in [2.24, 2.45) is 5.73 Å². The van der Waals surface area contributed by atoms with Crippen LogP contribution in [0.25, 0.3) is 0 Å². The minimum Gasteiger partial charge on any atom is -0.379 e. The fourth-order valence-electron chi connectivity index (χ4n) is 1.23. The Kier molecular flexibility index (Phi) is 3.91. The molecule has 0 saturated carbocycles. The Morgan fingerprint density at radius 2 is 1.88 bits per heavy atom. The van der Waals surface area contributed by atoms with Crippen LogP contribution in [0.15, 0.2) is 12.1 Å². The lowest BCUT2D eigenvalue weighted by Gasteiger charge is -2.18. The molecule has 1 atom stereocenters. The molecule has 0 aromatic heterocycles. The number of carbonyl (C=O) groups is 1. The van der Waals surface area contributed by atoms with Crippen LogP contribution < -0.4 is 5.73 Å². The van der Waals surface area contributed by atoms with Crippen LogP contribution in [-0.4, -0.2) is 17.2 Å². The average Bonchev–Trinajstić information content (AvgIpc) is 2.13. The van der Waals surface area contributed by atoms with Gasteiger partial charge in [-0.15, -0.1) is 0 Å². The van der Waals surface area contributed by atoms with Gasteiger partial charge >= 0.3 is 6.18 Å². The topological polar surface area (TPSA) is 63.3 Å². The van der Waals surface area contributed by atoms with Crippen molar-refractivity contribution in [1.82, 2.24) is 0 Å². The molecule has 0 fully saturated rings. The lowest BCUT2D eigenvalue weighted by atomic mass is 10.0. The fraction of sp³-hybridized carbons (Fsp3) is 0.222. The number of hydrogen-bond acceptors (Lipinski definition) is 2. The third-order valence-electron chi connectivity index (χ3n) is 1.94. The van der Waals surface area contributed by atoms with Gasteiger partial charge in [-0.3, -0.25) is 4.79 Å². The third kappa shape index (κ3) is 3.02. The number of benzene rings is 1. The molecule has 8 heteroatoms. The molecule has 0 aliphatic carbocycles. The van der Waals surface area contributed by atoms with Crippen molar-refractivity contribution < 1.29 is 23.1 Å². The van der Waals surface area contributed by atoms with Crippen molar-refractivity contribution in [3.8, 4) is 0 Å². The summed E-state index contributed by atoms with van der Waals surface area (Å²) in [7, 11) is 0. The highest BCUT2D eigenvalue weighted by Gasteiger charge is 2.42. The summed E-state index contributed by atoms with van der Waals surface area (Å²) >= 11 is 11.1. The number of alkyl halides is 3. The molecule has 0 aliphatic rings. The minimum atomic E-state index is -4.96. The van der Waals surface area contributed by atoms with Crippen molar-refractivity contribution in [3.05, 3.63) is 33.3 Å². The van der Waals surface area contributed by atoms with Crippen LogP contribution in [0.1, 0.15) is 22.0 Å². The van der Waals surface area contributed by atoms with Gasteiger partial charge in [-0.25, -0.2) is 0 Å². The van der Waals surface area contributed by atoms with Gasteiger partial charge in [-0.05, 0) is 12.1 Å². The Labute approximate surface area is 104 Å². The van der Waals surface area contributed by atoms with Crippen LogP contribution >= 0.6 is 23.2 Å². The van der Waals surface area contributed by atoms with Gasteiger partial charge in [-0.1, -0.05) is 23.2 Å². The summed E-state index contributed by atoms with van der Waals surface area (Å²) in [5, 5.41) is 8.57. The maximum Gasteiger partial charge on any atom is 0.418 e. The SMILES string of the molecule is NC(=O)c1cc(Cl)cc(Cl)c1C(O)C(F)(F)F. The van der Waals surface area contributed by atoms with Crippen LogP contribution in [0.5, 0.6) is 0 Å². The number of hydrogen-bond donors (Lipinski definition) is 2. The molecule has 1 rings (SSSR count). The van der Waals surface area contributed by atoms with Gasteiger partial charge in [0.2, 0.25) is 5.91 Å². The summed E-state index contributed by atoms with van der Waals surface area (Å²) in [6.07, 6.45) is -7.85. The number of rotatable bonds is 2. The Morgan fingerprint density at radius 1 is 1.35 bits per heavy atom. The second-order valence-electron chi connectivity index (χ2n) is 3.16. The molecule has 1 amide bonds. The summed E-state index contributed by atoms with van der Waals surface area (Å²) < 4.78 is 37.1. The number of nitrogens with two attached hydrogens (primary N) is 1. The lowest BCUT2D eigenvalue weighted by molar-refractivity contribution is -0.206. The number of primary amides is 1. The van der Waals surface area contributed by atoms with Crippen molar-refractivity contribution in [3.63, 3.8) is 0 Å². The largest absolute Gasteiger partial charge is 0.418 e. The number of amides is 1. The van der Waals surface area contributed by atoms with Gasteiger partial charge in [0.25, 0.3) is 0 Å². The summed E-state index contributed by atoms with van der Waals surface area (Å²) in [4.78, 5) is 11.0. The second-order valence-corrected chi connectivity index (χ2v) is 4.00. The normalized spacial score (nSPS) is 13.5. The molecule has 1 unspecified atom stereocenters. The molecule has 0 heterocycles. The van der Waals surface area contributed by atoms with E-state index in [1.165, 1.54) is 0 Å². The molecule has 3 nitrogen and oxygen atoms in total. The summed E-state index contributed by atoms with van der Waals surface area (Å²) in [6.45, 7) is 0. The maximum atomic E-state index is 12.4. The molecule has 94 valence electrons. The fourth-order valence-corrected chi connectivity index (χ4v) is 1.83. The van der Waals surface area contributed by atoms with E-state index >= 15 is 0 Å². The molecular weight excluding hydrogens is 282 g/mol. The van der Waals surface area contributed by atoms with Gasteiger partial charge in [0, 0.05) is 21.2 Å². The van der Waals surface area contributed by atoms with E-state index in [9.17, 15) is 18.0 Å². The van der Waals surface area contributed by atoms with Crippen molar-refractivity contribution in [2.75, 3.05) is 0 Å². The van der Waals surface area contributed by atoms with Crippen molar-refractivity contribution in [2.45, 2.75) is 12.3 Å². The monoisotopic (exact) mass is 287 g/mol. The highest BCUT2D eigenvalue weighted by molar-refractivity contribution is 6.35. The van der Waals surface area contributed by atoms with Crippen LogP contribution in [-0.2, 0) is 0 Å². The van der Waals surface area contributed by atoms with E-state index in [2.05, 4.69) is 0 Å². The van der Waals surface area contributed by atoms with Crippen LogP contribution in [0.2, 0.25) is 10.0 Å². The molecule has 1 aromatic carbocycles. The quantitative estimate of drug-likeness (QED) is 0.878. The predicted octanol–water partition coefficient (Wildman–Crippen LogP) is 2.69. The van der Waals surface area contributed by atoms with Gasteiger partial charge in [0.05, 0.1) is 0 Å². The minimum absolute atomic E-state index is 0.0538. The van der Waals surface area contributed by atoms with E-state index in [-0.39, 0.29) is 5.02 Å². The summed E-state index contributed by atoms with van der Waals surface area (Å²) in [5.41, 5.74) is 3.54. The third-order valence-corrected chi connectivity index (χ3v) is 2.47. The highest BCUT2D eigenvalue weighted by atomic mass is 35.5. The Hall–Kier alpha value is -0.980. The van der Waals surface area contributed by atoms with Crippen molar-refractivity contribution in [1.29, 1.82) is 0 Å². The molecule has 3 N–H and O–H groups in total. The van der Waals surface area contributed by atoms with Gasteiger partial charge < -0.3 is 10.8 Å². The molecule has 1 aromatic rings. The van der Waals surface area contributed by atoms with E-state index in [0.717, 1.165) is 12.1 Å². The Balaban J connectivity index is 3.46. The molecule has 0 bridgehead atoms. The van der Waals surface area contributed by atoms with Crippen LogP contribution in [0.4, 0.5) is 13.2 Å². The first-order valence-electron chi connectivity index (χ1n) is 4.18. The number of halogens is 5. The molecule has 0 spiro atoms. The smallest absolute Gasteiger partial charge is 0.379 e. The van der Waals surface area contributed by atoms with E-state index in [4.69, 9.17) is 34.0 Å². The number of aliphatic hydroxyl groups excluding tert-OH is 1. The highest BCUT2D eigenvalue weighted by Crippen LogP contribution is 2.39. The molecule has 0 aliphatic heterocycles. The lowest BCUT2D eigenvalue weighted by Crippen LogP contribution is -2.25. The molecule has 0 radical (unpaired) electrons. The zero-order valence-corrected chi connectivity index (χ0v) is 9.57. The number of carbonyl (C=O) groups excluding carboxylic acids is 1. The van der Waals surface area contributed by atoms with Gasteiger partial charge in [-0.2, -0.15) is 13.2 Å². The summed E-state index contributed by atoms with van der Waals surface area (Å²) in [6, 6.07) is 1.90. The average molecular weight is 288 g/mol. The standard InChI is InChI=1S/C9H6Cl2F3NO2/c10-3-1-4(8(15)17)6(5(11)2-3)7(16)9(12,13)14/h1-2,7,16H,(H2,15,17). The maximum absolute atomic E-state index is 12.4. The molecular formula is C9H6Cl2F3NO2.